The van der Waals surface area contributed by atoms with E-state index in [9.17, 15) is 4.79 Å². The second-order valence-corrected chi connectivity index (χ2v) is 5.35. The number of rotatable bonds is 6. The fourth-order valence-corrected chi connectivity index (χ4v) is 2.36. The molecule has 0 fully saturated rings. The number of hydrogen-bond donors (Lipinski definition) is 1. The van der Waals surface area contributed by atoms with Gasteiger partial charge in [-0.25, -0.2) is 4.98 Å². The molecule has 4 nitrogen and oxygen atoms in total. The van der Waals surface area contributed by atoms with Crippen molar-refractivity contribution in [2.45, 2.75) is 6.42 Å². The second kappa shape index (κ2) is 7.92. The first-order valence-electron chi connectivity index (χ1n) is 7.80. The highest BCUT2D eigenvalue weighted by Crippen LogP contribution is 2.19. The van der Waals surface area contributed by atoms with Crippen LogP contribution in [0.3, 0.4) is 0 Å². The van der Waals surface area contributed by atoms with Crippen molar-refractivity contribution in [3.8, 4) is 11.3 Å². The predicted molar refractivity (Wildman–Crippen MR) is 94.1 cm³/mol. The second-order valence-electron chi connectivity index (χ2n) is 5.35. The number of benzene rings is 2. The van der Waals surface area contributed by atoms with Crippen molar-refractivity contribution >= 4 is 12.0 Å². The van der Waals surface area contributed by atoms with Crippen LogP contribution in [0.1, 0.15) is 11.1 Å². The van der Waals surface area contributed by atoms with Gasteiger partial charge in [0, 0.05) is 18.2 Å². The van der Waals surface area contributed by atoms with Crippen LogP contribution >= 0.6 is 0 Å². The monoisotopic (exact) mass is 318 g/mol. The summed E-state index contributed by atoms with van der Waals surface area (Å²) in [5.74, 6) is 0.650. The molecule has 0 atom stereocenters. The third-order valence-corrected chi connectivity index (χ3v) is 3.58. The molecule has 0 saturated carbocycles. The van der Waals surface area contributed by atoms with Crippen molar-refractivity contribution in [2.75, 3.05) is 6.54 Å². The van der Waals surface area contributed by atoms with Crippen molar-refractivity contribution in [2.24, 2.45) is 0 Å². The Kier molecular flexibility index (Phi) is 5.20. The molecule has 1 amide bonds. The minimum atomic E-state index is -0.0924. The van der Waals surface area contributed by atoms with E-state index in [1.807, 2.05) is 54.6 Å². The fourth-order valence-electron chi connectivity index (χ4n) is 2.36. The van der Waals surface area contributed by atoms with Crippen molar-refractivity contribution < 1.29 is 9.21 Å². The molecule has 2 aromatic carbocycles. The highest BCUT2D eigenvalue weighted by atomic mass is 16.3. The Morgan fingerprint density at radius 1 is 1.12 bits per heavy atom. The highest BCUT2D eigenvalue weighted by molar-refractivity contribution is 5.91. The van der Waals surface area contributed by atoms with Crippen LogP contribution in [0.15, 0.2) is 77.7 Å². The summed E-state index contributed by atoms with van der Waals surface area (Å²) < 4.78 is 5.30. The van der Waals surface area contributed by atoms with Gasteiger partial charge in [0.25, 0.3) is 0 Å². The van der Waals surface area contributed by atoms with E-state index < -0.39 is 0 Å². The van der Waals surface area contributed by atoms with Gasteiger partial charge in [-0.2, -0.15) is 0 Å². The number of nitrogens with one attached hydrogen (secondary N) is 1. The third-order valence-electron chi connectivity index (χ3n) is 3.58. The van der Waals surface area contributed by atoms with E-state index in [4.69, 9.17) is 4.42 Å². The molecule has 4 heteroatoms. The van der Waals surface area contributed by atoms with E-state index >= 15 is 0 Å². The Hall–Kier alpha value is -3.14. The molecule has 1 heterocycles. The van der Waals surface area contributed by atoms with Gasteiger partial charge in [0.05, 0.1) is 6.20 Å². The van der Waals surface area contributed by atoms with Crippen molar-refractivity contribution in [1.82, 2.24) is 10.3 Å². The molecule has 0 spiro atoms. The molecule has 3 aromatic rings. The lowest BCUT2D eigenvalue weighted by atomic mass is 10.1. The van der Waals surface area contributed by atoms with Crippen LogP contribution in [0.25, 0.3) is 17.4 Å². The fraction of sp³-hybridized carbons (Fsp3) is 0.100. The first kappa shape index (κ1) is 15.7. The van der Waals surface area contributed by atoms with Crippen LogP contribution in [0.5, 0.6) is 0 Å². The largest absolute Gasteiger partial charge is 0.444 e. The van der Waals surface area contributed by atoms with E-state index in [1.54, 1.807) is 18.3 Å². The van der Waals surface area contributed by atoms with Crippen molar-refractivity contribution in [3.63, 3.8) is 0 Å². The molecule has 0 unspecified atom stereocenters. The van der Waals surface area contributed by atoms with Gasteiger partial charge in [-0.1, -0.05) is 48.5 Å². The Labute approximate surface area is 140 Å². The molecular formula is C20H18N2O2. The van der Waals surface area contributed by atoms with Crippen LogP contribution in [0, 0.1) is 0 Å². The number of carbonyl (C=O) groups is 1. The average Bonchev–Trinajstić information content (AvgIpc) is 3.16. The molecule has 24 heavy (non-hydrogen) atoms. The number of aromatic nitrogens is 1. The zero-order valence-electron chi connectivity index (χ0n) is 13.2. The van der Waals surface area contributed by atoms with Gasteiger partial charge < -0.3 is 9.73 Å². The predicted octanol–water partition coefficient (Wildman–Crippen LogP) is 3.71. The quantitative estimate of drug-likeness (QED) is 0.705. The smallest absolute Gasteiger partial charge is 0.244 e. The molecule has 120 valence electrons. The van der Waals surface area contributed by atoms with E-state index in [0.29, 0.717) is 6.54 Å². The third kappa shape index (κ3) is 4.43. The Balaban J connectivity index is 1.50. The average molecular weight is 318 g/mol. The summed E-state index contributed by atoms with van der Waals surface area (Å²) in [4.78, 5) is 15.8. The zero-order chi connectivity index (χ0) is 16.6. The van der Waals surface area contributed by atoms with Crippen LogP contribution in [0.2, 0.25) is 0 Å². The number of amides is 1. The van der Waals surface area contributed by atoms with E-state index in [2.05, 4.69) is 10.3 Å². The highest BCUT2D eigenvalue weighted by Gasteiger charge is 2.03. The minimum Gasteiger partial charge on any atom is -0.444 e. The lowest BCUT2D eigenvalue weighted by molar-refractivity contribution is -0.116. The summed E-state index contributed by atoms with van der Waals surface area (Å²) >= 11 is 0. The van der Waals surface area contributed by atoms with Crippen molar-refractivity contribution in [3.05, 3.63) is 84.4 Å². The van der Waals surface area contributed by atoms with E-state index in [-0.39, 0.29) is 5.91 Å². The van der Waals surface area contributed by atoms with Crippen LogP contribution in [-0.2, 0) is 11.2 Å². The van der Waals surface area contributed by atoms with Gasteiger partial charge in [0.2, 0.25) is 5.91 Å². The van der Waals surface area contributed by atoms with Crippen LogP contribution in [-0.4, -0.2) is 17.4 Å². The van der Waals surface area contributed by atoms with Gasteiger partial charge in [-0.3, -0.25) is 4.79 Å². The zero-order valence-corrected chi connectivity index (χ0v) is 13.2. The SMILES string of the molecule is O=C(C=Cc1ccccc1)NCCc1cccc(-c2cnco2)c1. The first-order chi connectivity index (χ1) is 11.8. The summed E-state index contributed by atoms with van der Waals surface area (Å²) in [6.45, 7) is 0.581. The minimum absolute atomic E-state index is 0.0924. The summed E-state index contributed by atoms with van der Waals surface area (Å²) in [5.41, 5.74) is 3.13. The molecule has 1 aromatic heterocycles. The number of carbonyl (C=O) groups excluding carboxylic acids is 1. The molecule has 0 bridgehead atoms. The standard InChI is InChI=1S/C20H18N2O2/c23-20(10-9-16-5-2-1-3-6-16)22-12-11-17-7-4-8-18(13-17)19-14-21-15-24-19/h1-10,13-15H,11-12H2,(H,22,23). The maximum atomic E-state index is 11.8. The summed E-state index contributed by atoms with van der Waals surface area (Å²) in [5, 5.41) is 2.89. The topological polar surface area (TPSA) is 55.1 Å². The van der Waals surface area contributed by atoms with Gasteiger partial charge in [0.1, 0.15) is 0 Å². The maximum absolute atomic E-state index is 11.8. The molecule has 1 N–H and O–H groups in total. The lowest BCUT2D eigenvalue weighted by Crippen LogP contribution is -2.23. The molecule has 0 aliphatic heterocycles. The number of hydrogen-bond acceptors (Lipinski definition) is 3. The Morgan fingerprint density at radius 3 is 2.79 bits per heavy atom. The van der Waals surface area contributed by atoms with Gasteiger partial charge in [0.15, 0.2) is 12.2 Å². The van der Waals surface area contributed by atoms with Crippen LogP contribution < -0.4 is 5.32 Å². The lowest BCUT2D eigenvalue weighted by Gasteiger charge is -2.04. The normalized spacial score (nSPS) is 10.8. The van der Waals surface area contributed by atoms with E-state index in [0.717, 1.165) is 28.9 Å². The molecule has 0 saturated heterocycles. The molecule has 3 rings (SSSR count). The van der Waals surface area contributed by atoms with Gasteiger partial charge >= 0.3 is 0 Å². The molecule has 0 aliphatic carbocycles. The van der Waals surface area contributed by atoms with Crippen LogP contribution in [0.4, 0.5) is 0 Å². The van der Waals surface area contributed by atoms with Gasteiger partial charge in [-0.15, -0.1) is 0 Å². The Morgan fingerprint density at radius 2 is 2.00 bits per heavy atom. The summed E-state index contributed by atoms with van der Waals surface area (Å²) in [6.07, 6.45) is 7.23. The molecular weight excluding hydrogens is 300 g/mol. The van der Waals surface area contributed by atoms with Gasteiger partial charge in [-0.05, 0) is 29.7 Å². The number of nitrogens with zero attached hydrogens (tertiary/aromatic N) is 1. The number of oxazole rings is 1. The summed E-state index contributed by atoms with van der Waals surface area (Å²) in [6, 6.07) is 17.8. The Bertz CT molecular complexity index is 809. The maximum Gasteiger partial charge on any atom is 0.244 e. The summed E-state index contributed by atoms with van der Waals surface area (Å²) in [7, 11) is 0. The van der Waals surface area contributed by atoms with E-state index in [1.165, 1.54) is 6.39 Å². The molecule has 0 radical (unpaired) electrons. The van der Waals surface area contributed by atoms with Crippen molar-refractivity contribution in [1.29, 1.82) is 0 Å². The first-order valence-corrected chi connectivity index (χ1v) is 7.80. The molecule has 0 aliphatic rings.